The second-order valence-electron chi connectivity index (χ2n) is 4.47. The van der Waals surface area contributed by atoms with Gasteiger partial charge in [-0.3, -0.25) is 9.59 Å². The number of carbonyl (C=O) groups is 2. The van der Waals surface area contributed by atoms with Crippen molar-refractivity contribution in [1.82, 2.24) is 10.2 Å². The van der Waals surface area contributed by atoms with Gasteiger partial charge < -0.3 is 10.4 Å². The average Bonchev–Trinajstić information content (AvgIpc) is 2.92. The summed E-state index contributed by atoms with van der Waals surface area (Å²) < 4.78 is 0. The van der Waals surface area contributed by atoms with Gasteiger partial charge in [-0.25, -0.2) is 0 Å². The van der Waals surface area contributed by atoms with Crippen molar-refractivity contribution in [3.05, 3.63) is 41.4 Å². The Kier molecular flexibility index (Phi) is 4.09. The lowest BCUT2D eigenvalue weighted by molar-refractivity contribution is -0.145. The van der Waals surface area contributed by atoms with Crippen LogP contribution in [0.25, 0.3) is 0 Å². The van der Waals surface area contributed by atoms with E-state index in [-0.39, 0.29) is 6.42 Å². The summed E-state index contributed by atoms with van der Waals surface area (Å²) in [5.74, 6) is -1.45. The molecule has 0 radical (unpaired) electrons. The molecular formula is C13H13N3O3S. The smallest absolute Gasteiger partial charge is 0.314 e. The molecule has 20 heavy (non-hydrogen) atoms. The Morgan fingerprint density at radius 1 is 1.35 bits per heavy atom. The SMILES string of the molecule is CC(CC(=O)Nc1nncs1)(C(=O)O)c1ccccc1. The van der Waals surface area contributed by atoms with E-state index in [1.807, 2.05) is 0 Å². The van der Waals surface area contributed by atoms with Crippen LogP contribution in [0.15, 0.2) is 35.8 Å². The van der Waals surface area contributed by atoms with Gasteiger partial charge >= 0.3 is 5.97 Å². The van der Waals surface area contributed by atoms with Crippen molar-refractivity contribution in [3.63, 3.8) is 0 Å². The van der Waals surface area contributed by atoms with Gasteiger partial charge in [0, 0.05) is 6.42 Å². The van der Waals surface area contributed by atoms with Crippen LogP contribution in [0.5, 0.6) is 0 Å². The van der Waals surface area contributed by atoms with Gasteiger partial charge in [0.2, 0.25) is 11.0 Å². The van der Waals surface area contributed by atoms with Gasteiger partial charge in [-0.05, 0) is 12.5 Å². The lowest BCUT2D eigenvalue weighted by Crippen LogP contribution is -2.36. The van der Waals surface area contributed by atoms with Crippen molar-refractivity contribution in [3.8, 4) is 0 Å². The van der Waals surface area contributed by atoms with Gasteiger partial charge in [-0.15, -0.1) is 10.2 Å². The van der Waals surface area contributed by atoms with Crippen LogP contribution in [0.4, 0.5) is 5.13 Å². The normalized spacial score (nSPS) is 13.4. The van der Waals surface area contributed by atoms with Crippen LogP contribution in [0.3, 0.4) is 0 Å². The fourth-order valence-corrected chi connectivity index (χ4v) is 2.28. The first kappa shape index (κ1) is 14.1. The highest BCUT2D eigenvalue weighted by Gasteiger charge is 2.37. The van der Waals surface area contributed by atoms with Gasteiger partial charge in [-0.2, -0.15) is 0 Å². The van der Waals surface area contributed by atoms with Gasteiger partial charge in [0.15, 0.2) is 0 Å². The molecule has 1 aromatic carbocycles. The Labute approximate surface area is 119 Å². The number of nitrogens with zero attached hydrogens (tertiary/aromatic N) is 2. The van der Waals surface area contributed by atoms with Crippen LogP contribution < -0.4 is 5.32 Å². The van der Waals surface area contributed by atoms with E-state index in [2.05, 4.69) is 15.5 Å². The molecular weight excluding hydrogens is 278 g/mol. The number of nitrogens with one attached hydrogen (secondary N) is 1. The maximum atomic E-state index is 12.0. The minimum atomic E-state index is -1.28. The highest BCUT2D eigenvalue weighted by molar-refractivity contribution is 7.13. The minimum Gasteiger partial charge on any atom is -0.481 e. The number of hydrogen-bond acceptors (Lipinski definition) is 5. The maximum Gasteiger partial charge on any atom is 0.314 e. The van der Waals surface area contributed by atoms with Crippen LogP contribution in [-0.4, -0.2) is 27.2 Å². The zero-order valence-corrected chi connectivity index (χ0v) is 11.6. The van der Waals surface area contributed by atoms with E-state index in [9.17, 15) is 14.7 Å². The van der Waals surface area contributed by atoms with Crippen molar-refractivity contribution < 1.29 is 14.7 Å². The number of rotatable bonds is 5. The zero-order chi connectivity index (χ0) is 14.6. The first-order valence-electron chi connectivity index (χ1n) is 5.87. The highest BCUT2D eigenvalue weighted by Crippen LogP contribution is 2.28. The maximum absolute atomic E-state index is 12.0. The van der Waals surface area contributed by atoms with E-state index in [1.165, 1.54) is 23.8 Å². The molecule has 0 saturated heterocycles. The first-order valence-corrected chi connectivity index (χ1v) is 6.75. The number of hydrogen-bond donors (Lipinski definition) is 2. The third-order valence-electron chi connectivity index (χ3n) is 3.00. The number of benzene rings is 1. The Balaban J connectivity index is 2.18. The van der Waals surface area contributed by atoms with Crippen LogP contribution in [0, 0.1) is 0 Å². The number of amides is 1. The Morgan fingerprint density at radius 3 is 2.60 bits per heavy atom. The van der Waals surface area contributed by atoms with Crippen molar-refractivity contribution >= 4 is 28.3 Å². The summed E-state index contributed by atoms with van der Waals surface area (Å²) in [6.07, 6.45) is -0.175. The van der Waals surface area contributed by atoms with E-state index >= 15 is 0 Å². The number of anilines is 1. The van der Waals surface area contributed by atoms with Gasteiger partial charge in [0.25, 0.3) is 0 Å². The third-order valence-corrected chi connectivity index (χ3v) is 3.61. The molecule has 1 amide bonds. The molecule has 2 aromatic rings. The molecule has 104 valence electrons. The van der Waals surface area contributed by atoms with Crippen molar-refractivity contribution in [1.29, 1.82) is 0 Å². The molecule has 6 nitrogen and oxygen atoms in total. The van der Waals surface area contributed by atoms with E-state index < -0.39 is 17.3 Å². The fourth-order valence-electron chi connectivity index (χ4n) is 1.82. The van der Waals surface area contributed by atoms with Crippen LogP contribution in [-0.2, 0) is 15.0 Å². The number of aliphatic carboxylic acids is 1. The monoisotopic (exact) mass is 291 g/mol. The van der Waals surface area contributed by atoms with Gasteiger partial charge in [0.1, 0.15) is 5.51 Å². The molecule has 1 atom stereocenters. The molecule has 0 aliphatic rings. The molecule has 0 bridgehead atoms. The summed E-state index contributed by atoms with van der Waals surface area (Å²) in [4.78, 5) is 23.5. The summed E-state index contributed by atoms with van der Waals surface area (Å²) in [6.45, 7) is 1.53. The van der Waals surface area contributed by atoms with Crippen LogP contribution >= 0.6 is 11.3 Å². The number of carbonyl (C=O) groups excluding carboxylic acids is 1. The van der Waals surface area contributed by atoms with Crippen LogP contribution in [0.1, 0.15) is 18.9 Å². The second kappa shape index (κ2) is 5.79. The molecule has 7 heteroatoms. The molecule has 0 spiro atoms. The molecule has 0 saturated carbocycles. The van der Waals surface area contributed by atoms with E-state index in [4.69, 9.17) is 0 Å². The number of aromatic nitrogens is 2. The zero-order valence-electron chi connectivity index (χ0n) is 10.7. The molecule has 1 heterocycles. The standard InChI is InChI=1S/C13H13N3O3S/c1-13(11(18)19,9-5-3-2-4-6-9)7-10(17)15-12-16-14-8-20-12/h2-6,8H,7H2,1H3,(H,18,19)(H,15,16,17). The second-order valence-corrected chi connectivity index (χ2v) is 5.31. The molecule has 2 N–H and O–H groups in total. The predicted molar refractivity (Wildman–Crippen MR) is 74.6 cm³/mol. The molecule has 0 aliphatic heterocycles. The average molecular weight is 291 g/mol. The molecule has 1 unspecified atom stereocenters. The Hall–Kier alpha value is -2.28. The largest absolute Gasteiger partial charge is 0.481 e. The predicted octanol–water partition coefficient (Wildman–Crippen LogP) is 1.91. The number of carboxylic acid groups (broad SMARTS) is 1. The fraction of sp³-hybridized carbons (Fsp3) is 0.231. The summed E-state index contributed by atoms with van der Waals surface area (Å²) >= 11 is 1.18. The minimum absolute atomic E-state index is 0.175. The molecule has 0 aliphatic carbocycles. The van der Waals surface area contributed by atoms with Crippen molar-refractivity contribution in [2.75, 3.05) is 5.32 Å². The third kappa shape index (κ3) is 3.00. The lowest BCUT2D eigenvalue weighted by atomic mass is 9.79. The summed E-state index contributed by atoms with van der Waals surface area (Å²) in [5, 5.41) is 19.7. The summed E-state index contributed by atoms with van der Waals surface area (Å²) in [6, 6.07) is 8.70. The lowest BCUT2D eigenvalue weighted by Gasteiger charge is -2.24. The Bertz CT molecular complexity index is 601. The molecule has 0 fully saturated rings. The highest BCUT2D eigenvalue weighted by atomic mass is 32.1. The topological polar surface area (TPSA) is 92.2 Å². The van der Waals surface area contributed by atoms with Crippen LogP contribution in [0.2, 0.25) is 0 Å². The summed E-state index contributed by atoms with van der Waals surface area (Å²) in [5.41, 5.74) is 0.791. The van der Waals surface area contributed by atoms with Crippen molar-refractivity contribution in [2.24, 2.45) is 0 Å². The van der Waals surface area contributed by atoms with Gasteiger partial charge in [0.05, 0.1) is 5.41 Å². The van der Waals surface area contributed by atoms with E-state index in [1.54, 1.807) is 30.3 Å². The molecule has 1 aromatic heterocycles. The Morgan fingerprint density at radius 2 is 2.05 bits per heavy atom. The first-order chi connectivity index (χ1) is 9.52. The quantitative estimate of drug-likeness (QED) is 0.878. The molecule has 2 rings (SSSR count). The van der Waals surface area contributed by atoms with Crippen molar-refractivity contribution in [2.45, 2.75) is 18.8 Å². The van der Waals surface area contributed by atoms with E-state index in [0.717, 1.165) is 0 Å². The number of carboxylic acids is 1. The summed E-state index contributed by atoms with van der Waals surface area (Å²) in [7, 11) is 0. The van der Waals surface area contributed by atoms with E-state index in [0.29, 0.717) is 10.7 Å². The van der Waals surface area contributed by atoms with Gasteiger partial charge in [-0.1, -0.05) is 41.7 Å².